The summed E-state index contributed by atoms with van der Waals surface area (Å²) in [6, 6.07) is 16.4. The monoisotopic (exact) mass is 323 g/mol. The Balaban J connectivity index is 1.94. The summed E-state index contributed by atoms with van der Waals surface area (Å²) in [7, 11) is 0. The Morgan fingerprint density at radius 3 is 2.70 bits per heavy atom. The van der Waals surface area contributed by atoms with Crippen LogP contribution in [0.25, 0.3) is 33.4 Å². The molecule has 0 bridgehead atoms. The zero-order chi connectivity index (χ0) is 15.8. The van der Waals surface area contributed by atoms with Gasteiger partial charge in [-0.2, -0.15) is 0 Å². The lowest BCUT2D eigenvalue weighted by Gasteiger charge is -2.03. The first-order valence-corrected chi connectivity index (χ1v) is 7.34. The molecule has 112 valence electrons. The van der Waals surface area contributed by atoms with Crippen molar-refractivity contribution >= 4 is 22.6 Å². The second-order valence-electron chi connectivity index (χ2n) is 5.07. The third-order valence-electron chi connectivity index (χ3n) is 3.60. The van der Waals surface area contributed by atoms with Crippen molar-refractivity contribution in [1.82, 2.24) is 5.16 Å². The molecule has 0 atom stereocenters. The first-order chi connectivity index (χ1) is 11.2. The predicted molar refractivity (Wildman–Crippen MR) is 88.4 cm³/mol. The van der Waals surface area contributed by atoms with Crippen LogP contribution in [0.15, 0.2) is 74.6 Å². The van der Waals surface area contributed by atoms with Gasteiger partial charge in [-0.05, 0) is 29.8 Å². The van der Waals surface area contributed by atoms with Crippen LogP contribution in [0.1, 0.15) is 0 Å². The van der Waals surface area contributed by atoms with E-state index in [0.29, 0.717) is 27.4 Å². The Bertz CT molecular complexity index is 1070. The molecule has 0 spiro atoms. The minimum absolute atomic E-state index is 0.354. The fraction of sp³-hybridized carbons (Fsp3) is 0. The Labute approximate surface area is 135 Å². The molecule has 0 aliphatic carbocycles. The summed E-state index contributed by atoms with van der Waals surface area (Å²) >= 11 is 6.04. The molecule has 2 heterocycles. The van der Waals surface area contributed by atoms with Gasteiger partial charge < -0.3 is 8.94 Å². The number of hydrogen-bond acceptors (Lipinski definition) is 4. The van der Waals surface area contributed by atoms with E-state index in [1.54, 1.807) is 24.3 Å². The molecule has 0 fully saturated rings. The standard InChI is InChI=1S/C18H10ClNO3/c19-13-6-3-5-11(8-13)15-10-22-20-17(15)14-9-12-4-1-2-7-16(12)23-18(14)21/h1-10H. The Morgan fingerprint density at radius 2 is 1.83 bits per heavy atom. The average molecular weight is 324 g/mol. The van der Waals surface area contributed by atoms with Crippen molar-refractivity contribution in [1.29, 1.82) is 0 Å². The summed E-state index contributed by atoms with van der Waals surface area (Å²) < 4.78 is 10.5. The number of rotatable bonds is 2. The van der Waals surface area contributed by atoms with E-state index < -0.39 is 5.63 Å². The lowest BCUT2D eigenvalue weighted by Crippen LogP contribution is -2.03. The SMILES string of the molecule is O=c1oc2ccccc2cc1-c1nocc1-c1cccc(Cl)c1. The van der Waals surface area contributed by atoms with E-state index in [0.717, 1.165) is 10.9 Å². The van der Waals surface area contributed by atoms with Gasteiger partial charge in [-0.1, -0.05) is 47.1 Å². The summed E-state index contributed by atoms with van der Waals surface area (Å²) in [5.41, 5.74) is 2.38. The highest BCUT2D eigenvalue weighted by Gasteiger charge is 2.17. The van der Waals surface area contributed by atoms with Crippen LogP contribution in [0.5, 0.6) is 0 Å². The van der Waals surface area contributed by atoms with Gasteiger partial charge in [0.2, 0.25) is 0 Å². The molecule has 0 saturated heterocycles. The van der Waals surface area contributed by atoms with Crippen LogP contribution >= 0.6 is 11.6 Å². The predicted octanol–water partition coefficient (Wildman–Crippen LogP) is 4.77. The molecule has 0 aliphatic heterocycles. The quantitative estimate of drug-likeness (QED) is 0.499. The smallest absolute Gasteiger partial charge is 0.345 e. The first-order valence-electron chi connectivity index (χ1n) is 6.96. The summed E-state index contributed by atoms with van der Waals surface area (Å²) in [6.07, 6.45) is 1.50. The Hall–Kier alpha value is -2.85. The molecular formula is C18H10ClNO3. The fourth-order valence-corrected chi connectivity index (χ4v) is 2.71. The van der Waals surface area contributed by atoms with Gasteiger partial charge in [0.05, 0.1) is 5.56 Å². The van der Waals surface area contributed by atoms with Gasteiger partial charge in [-0.25, -0.2) is 4.79 Å². The average Bonchev–Trinajstić information content (AvgIpc) is 3.03. The van der Waals surface area contributed by atoms with Crippen LogP contribution in [0.2, 0.25) is 5.02 Å². The minimum atomic E-state index is -0.458. The summed E-state index contributed by atoms with van der Waals surface area (Å²) in [4.78, 5) is 12.3. The van der Waals surface area contributed by atoms with E-state index in [9.17, 15) is 4.79 Å². The van der Waals surface area contributed by atoms with E-state index in [4.69, 9.17) is 20.5 Å². The molecule has 2 aromatic carbocycles. The van der Waals surface area contributed by atoms with E-state index >= 15 is 0 Å². The van der Waals surface area contributed by atoms with Gasteiger partial charge >= 0.3 is 5.63 Å². The molecule has 4 nitrogen and oxygen atoms in total. The molecule has 4 rings (SSSR count). The van der Waals surface area contributed by atoms with Crippen LogP contribution < -0.4 is 5.63 Å². The molecule has 0 N–H and O–H groups in total. The zero-order valence-electron chi connectivity index (χ0n) is 11.8. The minimum Gasteiger partial charge on any atom is -0.422 e. The summed E-state index contributed by atoms with van der Waals surface area (Å²) in [5, 5.41) is 5.40. The van der Waals surface area contributed by atoms with E-state index in [1.165, 1.54) is 6.26 Å². The van der Waals surface area contributed by atoms with E-state index in [-0.39, 0.29) is 0 Å². The van der Waals surface area contributed by atoms with Crippen molar-refractivity contribution in [3.63, 3.8) is 0 Å². The van der Waals surface area contributed by atoms with Crippen molar-refractivity contribution in [3.8, 4) is 22.4 Å². The van der Waals surface area contributed by atoms with E-state index in [2.05, 4.69) is 5.16 Å². The Kier molecular flexibility index (Phi) is 3.24. The molecule has 0 saturated carbocycles. The van der Waals surface area contributed by atoms with Crippen LogP contribution in [0.4, 0.5) is 0 Å². The lowest BCUT2D eigenvalue weighted by molar-refractivity contribution is 0.422. The van der Waals surface area contributed by atoms with Crippen LogP contribution in [0.3, 0.4) is 0 Å². The number of benzene rings is 2. The second kappa shape index (κ2) is 5.41. The molecule has 4 aromatic rings. The second-order valence-corrected chi connectivity index (χ2v) is 5.51. The largest absolute Gasteiger partial charge is 0.422 e. The van der Waals surface area contributed by atoms with Gasteiger partial charge in [-0.3, -0.25) is 0 Å². The van der Waals surface area contributed by atoms with Crippen LogP contribution in [-0.4, -0.2) is 5.16 Å². The number of para-hydroxylation sites is 1. The van der Waals surface area contributed by atoms with Crippen molar-refractivity contribution in [2.45, 2.75) is 0 Å². The number of nitrogens with zero attached hydrogens (tertiary/aromatic N) is 1. The Morgan fingerprint density at radius 1 is 0.957 bits per heavy atom. The number of halogens is 1. The molecule has 0 amide bonds. The number of fused-ring (bicyclic) bond motifs is 1. The highest BCUT2D eigenvalue weighted by atomic mass is 35.5. The van der Waals surface area contributed by atoms with Gasteiger partial charge in [-0.15, -0.1) is 0 Å². The van der Waals surface area contributed by atoms with Crippen molar-refractivity contribution in [2.24, 2.45) is 0 Å². The molecule has 2 aromatic heterocycles. The first kappa shape index (κ1) is 13.8. The van der Waals surface area contributed by atoms with Crippen LogP contribution in [-0.2, 0) is 0 Å². The molecular weight excluding hydrogens is 314 g/mol. The van der Waals surface area contributed by atoms with Gasteiger partial charge in [0.1, 0.15) is 17.5 Å². The maximum Gasteiger partial charge on any atom is 0.345 e. The number of hydrogen-bond donors (Lipinski definition) is 0. The molecule has 0 aliphatic rings. The lowest BCUT2D eigenvalue weighted by atomic mass is 10.0. The fourth-order valence-electron chi connectivity index (χ4n) is 2.52. The third kappa shape index (κ3) is 2.43. The molecule has 23 heavy (non-hydrogen) atoms. The maximum absolute atomic E-state index is 12.3. The zero-order valence-corrected chi connectivity index (χ0v) is 12.6. The van der Waals surface area contributed by atoms with Crippen LogP contribution in [0, 0.1) is 0 Å². The highest BCUT2D eigenvalue weighted by Crippen LogP contribution is 2.31. The van der Waals surface area contributed by atoms with Crippen molar-refractivity contribution in [3.05, 3.63) is 76.3 Å². The van der Waals surface area contributed by atoms with Crippen molar-refractivity contribution in [2.75, 3.05) is 0 Å². The normalized spacial score (nSPS) is 11.0. The summed E-state index contributed by atoms with van der Waals surface area (Å²) in [5.74, 6) is 0. The maximum atomic E-state index is 12.3. The van der Waals surface area contributed by atoms with E-state index in [1.807, 2.05) is 30.3 Å². The van der Waals surface area contributed by atoms with Crippen molar-refractivity contribution < 1.29 is 8.94 Å². The molecule has 0 unspecified atom stereocenters. The summed E-state index contributed by atoms with van der Waals surface area (Å²) in [6.45, 7) is 0. The third-order valence-corrected chi connectivity index (χ3v) is 3.84. The van der Waals surface area contributed by atoms with Gasteiger partial charge in [0, 0.05) is 16.0 Å². The number of aromatic nitrogens is 1. The topological polar surface area (TPSA) is 56.2 Å². The van der Waals surface area contributed by atoms with Gasteiger partial charge in [0.15, 0.2) is 0 Å². The highest BCUT2D eigenvalue weighted by molar-refractivity contribution is 6.30. The molecule has 0 radical (unpaired) electrons. The van der Waals surface area contributed by atoms with Gasteiger partial charge in [0.25, 0.3) is 0 Å². The molecule has 5 heteroatoms.